The quantitative estimate of drug-likeness (QED) is 0.823. The average Bonchev–Trinajstić information content (AvgIpc) is 2.83. The Balaban J connectivity index is 2.47. The van der Waals surface area contributed by atoms with Gasteiger partial charge in [0.15, 0.2) is 0 Å². The Labute approximate surface area is 96.2 Å². The molecule has 0 amide bonds. The molecule has 0 aromatic carbocycles. The molecule has 80 valence electrons. The first kappa shape index (κ1) is 10.5. The minimum atomic E-state index is -1.02. The number of carbonyl (C=O) groups is 1. The number of hydrogen-bond acceptors (Lipinski definition) is 3. The van der Waals surface area contributed by atoms with Crippen LogP contribution in [-0.4, -0.2) is 20.9 Å². The van der Waals surface area contributed by atoms with Crippen molar-refractivity contribution in [3.63, 3.8) is 0 Å². The minimum absolute atomic E-state index is 0.110. The molecule has 0 saturated carbocycles. The Kier molecular flexibility index (Phi) is 2.75. The Morgan fingerprint density at radius 1 is 1.69 bits per heavy atom. The van der Waals surface area contributed by atoms with Gasteiger partial charge in [0.05, 0.1) is 5.69 Å². The summed E-state index contributed by atoms with van der Waals surface area (Å²) < 4.78 is 1.31. The maximum Gasteiger partial charge on any atom is 0.354 e. The van der Waals surface area contributed by atoms with E-state index in [1.807, 2.05) is 16.8 Å². The standard InChI is InChI=1S/C11H8N2O2S/c1-2-4-13-10(11(14)15)6-9(12-13)8-3-5-16-7-8/h1,3,5-7H,4H2,(H,14,15). The van der Waals surface area contributed by atoms with Crippen LogP contribution in [0.5, 0.6) is 0 Å². The maximum absolute atomic E-state index is 11.0. The topological polar surface area (TPSA) is 55.1 Å². The summed E-state index contributed by atoms with van der Waals surface area (Å²) in [6.45, 7) is 0.159. The number of rotatable bonds is 3. The fraction of sp³-hybridized carbons (Fsp3) is 0.0909. The SMILES string of the molecule is C#CCn1nc(-c2ccsc2)cc1C(=O)O. The normalized spacial score (nSPS) is 9.94. The molecule has 2 aromatic heterocycles. The molecule has 0 radical (unpaired) electrons. The van der Waals surface area contributed by atoms with Crippen LogP contribution in [0.15, 0.2) is 22.9 Å². The van der Waals surface area contributed by atoms with Gasteiger partial charge in [0.25, 0.3) is 0 Å². The zero-order chi connectivity index (χ0) is 11.5. The monoisotopic (exact) mass is 232 g/mol. The van der Waals surface area contributed by atoms with Gasteiger partial charge in [-0.1, -0.05) is 5.92 Å². The van der Waals surface area contributed by atoms with Gasteiger partial charge in [-0.3, -0.25) is 0 Å². The number of aromatic carboxylic acids is 1. The Hall–Kier alpha value is -2.06. The molecule has 0 spiro atoms. The van der Waals surface area contributed by atoms with Gasteiger partial charge in [-0.25, -0.2) is 9.48 Å². The molecule has 0 unspecified atom stereocenters. The van der Waals surface area contributed by atoms with Gasteiger partial charge < -0.3 is 5.11 Å². The lowest BCUT2D eigenvalue weighted by Crippen LogP contribution is -2.08. The molecule has 1 N–H and O–H groups in total. The molecule has 0 aliphatic carbocycles. The molecular formula is C11H8N2O2S. The number of carboxylic acid groups (broad SMARTS) is 1. The largest absolute Gasteiger partial charge is 0.477 e. The molecule has 16 heavy (non-hydrogen) atoms. The predicted octanol–water partition coefficient (Wildman–Crippen LogP) is 1.94. The van der Waals surface area contributed by atoms with Crippen LogP contribution in [0, 0.1) is 12.3 Å². The number of hydrogen-bond donors (Lipinski definition) is 1. The van der Waals surface area contributed by atoms with Crippen molar-refractivity contribution >= 4 is 17.3 Å². The van der Waals surface area contributed by atoms with Gasteiger partial charge in [0.1, 0.15) is 12.2 Å². The number of thiophene rings is 1. The molecule has 0 bridgehead atoms. The van der Waals surface area contributed by atoms with E-state index >= 15 is 0 Å². The highest BCUT2D eigenvalue weighted by molar-refractivity contribution is 7.08. The van der Waals surface area contributed by atoms with E-state index in [1.54, 1.807) is 0 Å². The fourth-order valence-electron chi connectivity index (χ4n) is 1.35. The second-order valence-corrected chi connectivity index (χ2v) is 3.87. The van der Waals surface area contributed by atoms with Crippen molar-refractivity contribution in [2.24, 2.45) is 0 Å². The molecule has 5 heteroatoms. The van der Waals surface area contributed by atoms with Crippen LogP contribution in [-0.2, 0) is 6.54 Å². The molecule has 0 fully saturated rings. The van der Waals surface area contributed by atoms with E-state index < -0.39 is 5.97 Å². The zero-order valence-corrected chi connectivity index (χ0v) is 9.07. The Morgan fingerprint density at radius 2 is 2.50 bits per heavy atom. The van der Waals surface area contributed by atoms with Gasteiger partial charge in [0, 0.05) is 10.9 Å². The van der Waals surface area contributed by atoms with Crippen LogP contribution in [0.4, 0.5) is 0 Å². The minimum Gasteiger partial charge on any atom is -0.477 e. The van der Waals surface area contributed by atoms with E-state index in [2.05, 4.69) is 11.0 Å². The molecule has 2 aromatic rings. The predicted molar refractivity (Wildman–Crippen MR) is 61.3 cm³/mol. The highest BCUT2D eigenvalue weighted by atomic mass is 32.1. The van der Waals surface area contributed by atoms with Gasteiger partial charge in [0.2, 0.25) is 0 Å². The second-order valence-electron chi connectivity index (χ2n) is 3.09. The van der Waals surface area contributed by atoms with Gasteiger partial charge >= 0.3 is 5.97 Å². The van der Waals surface area contributed by atoms with Crippen molar-refractivity contribution in [2.45, 2.75) is 6.54 Å². The summed E-state index contributed by atoms with van der Waals surface area (Å²) >= 11 is 1.53. The van der Waals surface area contributed by atoms with Crippen molar-refractivity contribution in [3.8, 4) is 23.6 Å². The first-order chi connectivity index (χ1) is 7.72. The maximum atomic E-state index is 11.0. The third-order valence-electron chi connectivity index (χ3n) is 2.06. The summed E-state index contributed by atoms with van der Waals surface area (Å²) in [5, 5.41) is 17.0. The van der Waals surface area contributed by atoms with Crippen molar-refractivity contribution < 1.29 is 9.90 Å². The Morgan fingerprint density at radius 3 is 3.06 bits per heavy atom. The van der Waals surface area contributed by atoms with Crippen LogP contribution < -0.4 is 0 Å². The molecule has 0 aliphatic heterocycles. The summed E-state index contributed by atoms with van der Waals surface area (Å²) in [5.41, 5.74) is 1.65. The Bertz CT molecular complexity index is 549. The lowest BCUT2D eigenvalue weighted by molar-refractivity contribution is 0.0684. The van der Waals surface area contributed by atoms with E-state index in [-0.39, 0.29) is 12.2 Å². The molecule has 0 saturated heterocycles. The fourth-order valence-corrected chi connectivity index (χ4v) is 2.00. The van der Waals surface area contributed by atoms with Crippen LogP contribution in [0.3, 0.4) is 0 Å². The average molecular weight is 232 g/mol. The highest BCUT2D eigenvalue weighted by Crippen LogP contribution is 2.21. The lowest BCUT2D eigenvalue weighted by Gasteiger charge is -1.96. The molecule has 2 heterocycles. The third-order valence-corrected chi connectivity index (χ3v) is 2.74. The van der Waals surface area contributed by atoms with Crippen LogP contribution in [0.25, 0.3) is 11.3 Å². The van der Waals surface area contributed by atoms with Crippen LogP contribution in [0.2, 0.25) is 0 Å². The summed E-state index contributed by atoms with van der Waals surface area (Å²) in [6, 6.07) is 3.42. The van der Waals surface area contributed by atoms with Crippen molar-refractivity contribution in [1.82, 2.24) is 9.78 Å². The van der Waals surface area contributed by atoms with E-state index in [0.717, 1.165) is 5.56 Å². The van der Waals surface area contributed by atoms with E-state index in [4.69, 9.17) is 11.5 Å². The van der Waals surface area contributed by atoms with Crippen molar-refractivity contribution in [1.29, 1.82) is 0 Å². The van der Waals surface area contributed by atoms with Crippen LogP contribution in [0.1, 0.15) is 10.5 Å². The number of terminal acetylenes is 1. The second kappa shape index (κ2) is 4.21. The van der Waals surface area contributed by atoms with Crippen molar-refractivity contribution in [2.75, 3.05) is 0 Å². The van der Waals surface area contributed by atoms with Gasteiger partial charge in [-0.05, 0) is 17.5 Å². The third kappa shape index (κ3) is 1.83. The van der Waals surface area contributed by atoms with Crippen LogP contribution >= 0.6 is 11.3 Å². The molecule has 4 nitrogen and oxygen atoms in total. The zero-order valence-electron chi connectivity index (χ0n) is 8.25. The molecule has 0 atom stereocenters. The number of carboxylic acids is 1. The molecule has 2 rings (SSSR count). The first-order valence-electron chi connectivity index (χ1n) is 4.49. The summed E-state index contributed by atoms with van der Waals surface area (Å²) in [4.78, 5) is 11.0. The molecular weight excluding hydrogens is 224 g/mol. The lowest BCUT2D eigenvalue weighted by atomic mass is 10.2. The summed E-state index contributed by atoms with van der Waals surface area (Å²) in [7, 11) is 0. The number of aromatic nitrogens is 2. The summed E-state index contributed by atoms with van der Waals surface area (Å²) in [5.74, 6) is 1.35. The first-order valence-corrected chi connectivity index (χ1v) is 5.44. The smallest absolute Gasteiger partial charge is 0.354 e. The van der Waals surface area contributed by atoms with E-state index in [1.165, 1.54) is 22.1 Å². The molecule has 0 aliphatic rings. The van der Waals surface area contributed by atoms with E-state index in [9.17, 15) is 4.79 Å². The van der Waals surface area contributed by atoms with E-state index in [0.29, 0.717) is 5.69 Å². The van der Waals surface area contributed by atoms with Crippen molar-refractivity contribution in [3.05, 3.63) is 28.6 Å². The highest BCUT2D eigenvalue weighted by Gasteiger charge is 2.14. The summed E-state index contributed by atoms with van der Waals surface area (Å²) in [6.07, 6.45) is 5.16. The van der Waals surface area contributed by atoms with Gasteiger partial charge in [-0.2, -0.15) is 16.4 Å². The number of nitrogens with zero attached hydrogens (tertiary/aromatic N) is 2. The van der Waals surface area contributed by atoms with Gasteiger partial charge in [-0.15, -0.1) is 6.42 Å².